The summed E-state index contributed by atoms with van der Waals surface area (Å²) in [5.41, 5.74) is 15.7. The second-order valence-corrected chi connectivity index (χ2v) is 25.9. The summed E-state index contributed by atoms with van der Waals surface area (Å²) in [6.45, 7) is 6.59. The molecular weight excluding hydrogens is 1280 g/mol. The van der Waals surface area contributed by atoms with E-state index in [1.807, 2.05) is 68.1 Å². The summed E-state index contributed by atoms with van der Waals surface area (Å²) in [5, 5.41) is 105. The van der Waals surface area contributed by atoms with Crippen molar-refractivity contribution in [1.29, 1.82) is 0 Å². The third kappa shape index (κ3) is 23.3. The fraction of sp³-hybridized carbons (Fsp3) is 0.407. The van der Waals surface area contributed by atoms with Crippen molar-refractivity contribution in [3.8, 4) is 0 Å². The van der Waals surface area contributed by atoms with Gasteiger partial charge < -0.3 is 75.8 Å². The van der Waals surface area contributed by atoms with Crippen molar-refractivity contribution >= 4 is 46.0 Å². The molecule has 4 unspecified atom stereocenters. The Morgan fingerprint density at radius 3 is 0.867 bits per heavy atom. The first kappa shape index (κ1) is 78.4. The van der Waals surface area contributed by atoms with Gasteiger partial charge in [-0.3, -0.25) is 0 Å². The molecule has 15 nitrogen and oxygen atoms in total. The molecule has 528 valence electrons. The Hall–Kier alpha value is -6.90. The molecule has 0 radical (unpaired) electrons. The van der Waals surface area contributed by atoms with Crippen LogP contribution in [0.2, 0.25) is 10.0 Å². The summed E-state index contributed by atoms with van der Waals surface area (Å²) in [5.74, 6) is 0.892. The summed E-state index contributed by atoms with van der Waals surface area (Å²) in [6.07, 6.45) is 7.14. The van der Waals surface area contributed by atoms with Crippen LogP contribution in [0.25, 0.3) is 0 Å². The summed E-state index contributed by atoms with van der Waals surface area (Å²) in [7, 11) is 0. The first-order valence-electron chi connectivity index (χ1n) is 34.7. The molecular formula is C81H104Cl2N4O11. The Labute approximate surface area is 590 Å². The second-order valence-electron chi connectivity index (χ2n) is 25.0. The molecule has 0 spiro atoms. The molecule has 8 aromatic rings. The molecule has 98 heavy (non-hydrogen) atoms. The van der Waals surface area contributed by atoms with Crippen LogP contribution in [0, 0.1) is 0 Å². The van der Waals surface area contributed by atoms with E-state index in [1.54, 1.807) is 0 Å². The Kier molecular flexibility index (Phi) is 34.4. The number of aliphatic hydroxyl groups is 11. The van der Waals surface area contributed by atoms with E-state index in [9.17, 15) is 56.2 Å². The van der Waals surface area contributed by atoms with E-state index in [2.05, 4.69) is 153 Å². The minimum atomic E-state index is -0.185. The Morgan fingerprint density at radius 1 is 0.327 bits per heavy atom. The van der Waals surface area contributed by atoms with Crippen molar-refractivity contribution in [3.05, 3.63) is 260 Å². The van der Waals surface area contributed by atoms with Gasteiger partial charge in [0.25, 0.3) is 0 Å². The first-order valence-corrected chi connectivity index (χ1v) is 35.5. The second kappa shape index (κ2) is 42.9. The van der Waals surface area contributed by atoms with Crippen molar-refractivity contribution in [2.45, 2.75) is 94.0 Å². The maximum atomic E-state index is 10.1. The Bertz CT molecular complexity index is 3070. The van der Waals surface area contributed by atoms with Crippen molar-refractivity contribution in [3.63, 3.8) is 0 Å². The lowest BCUT2D eigenvalue weighted by atomic mass is 9.80. The van der Waals surface area contributed by atoms with Crippen LogP contribution in [0.5, 0.6) is 0 Å². The molecule has 1 saturated carbocycles. The molecule has 0 bridgehead atoms. The lowest BCUT2D eigenvalue weighted by molar-refractivity contribution is 0.119. The third-order valence-electron chi connectivity index (χ3n) is 18.5. The van der Waals surface area contributed by atoms with Gasteiger partial charge in [-0.2, -0.15) is 0 Å². The highest BCUT2D eigenvalue weighted by molar-refractivity contribution is 6.30. The maximum Gasteiger partial charge on any atom is 0.0606 e. The highest BCUT2D eigenvalue weighted by Gasteiger charge is 2.25. The zero-order valence-corrected chi connectivity index (χ0v) is 58.3. The molecule has 8 aromatic carbocycles. The van der Waals surface area contributed by atoms with Gasteiger partial charge >= 0.3 is 0 Å². The minimum absolute atomic E-state index is 0.00126. The monoisotopic (exact) mass is 1380 g/mol. The summed E-state index contributed by atoms with van der Waals surface area (Å²) >= 11 is 12.3. The van der Waals surface area contributed by atoms with Crippen LogP contribution in [0.15, 0.2) is 194 Å². The predicted octanol–water partition coefficient (Wildman–Crippen LogP) is 11.7. The normalized spacial score (nSPS) is 14.2. The number of benzene rings is 8. The number of halogens is 2. The van der Waals surface area contributed by atoms with Crippen LogP contribution < -0.4 is 19.6 Å². The molecule has 0 saturated heterocycles. The highest BCUT2D eigenvalue weighted by atomic mass is 35.5. The molecule has 1 fully saturated rings. The van der Waals surface area contributed by atoms with Gasteiger partial charge in [-0.1, -0.05) is 164 Å². The summed E-state index contributed by atoms with van der Waals surface area (Å²) in [4.78, 5) is 7.89. The summed E-state index contributed by atoms with van der Waals surface area (Å²) in [6, 6.07) is 66.5. The molecule has 17 heteroatoms. The van der Waals surface area contributed by atoms with Crippen LogP contribution in [0.1, 0.15) is 144 Å². The van der Waals surface area contributed by atoms with E-state index in [0.29, 0.717) is 81.2 Å². The van der Waals surface area contributed by atoms with Gasteiger partial charge in [-0.05, 0) is 179 Å². The van der Waals surface area contributed by atoms with Gasteiger partial charge in [0.15, 0.2) is 0 Å². The molecule has 0 aliphatic heterocycles. The molecule has 0 aromatic heterocycles. The van der Waals surface area contributed by atoms with Crippen LogP contribution >= 0.6 is 23.2 Å². The quantitative estimate of drug-likeness (QED) is 0.0164. The molecule has 0 amide bonds. The number of hydrogen-bond acceptors (Lipinski definition) is 15. The van der Waals surface area contributed by atoms with Gasteiger partial charge in [-0.25, -0.2) is 0 Å². The van der Waals surface area contributed by atoms with E-state index in [4.69, 9.17) is 23.2 Å². The molecule has 1 aliphatic rings. The predicted molar refractivity (Wildman–Crippen MR) is 399 cm³/mol. The standard InChI is InChI=1S/C29H34ClNO3.C28H34ClNO4.C24H36N2O4/c30-26-12-8-23(9-13-26)29(24-10-14-27(15-11-24)31(16-18-32)17-19-33)22-6-4-21(5-7-22)25-2-1-3-28(34)20-25;29-26-9-5-24(6-10-26)28(23-3-1-21(2-4-23)22(13-17-31)14-18-32)25-7-11-27(12-8-25)30(15-19-33)16-20-34;1-2-3-24(20-4-8-22(9-5-20)25(12-16-27)13-17-28)21-6-10-23(11-7-21)26(14-18-29)15-19-30/h4-15,25,28-29,32-34H,1-3,16-20H2;1-12,22,28,31-34H,13-20H2;4-11,24,27-30H,2-3,12-19H2,1H3. The zero-order chi connectivity index (χ0) is 70.0. The number of hydrogen-bond donors (Lipinski definition) is 11. The van der Waals surface area contributed by atoms with Gasteiger partial charge in [0.1, 0.15) is 0 Å². The van der Waals surface area contributed by atoms with E-state index in [-0.39, 0.29) is 95.8 Å². The number of nitrogens with zero attached hydrogens (tertiary/aromatic N) is 4. The number of rotatable bonds is 36. The molecule has 9 rings (SSSR count). The highest BCUT2D eigenvalue weighted by Crippen LogP contribution is 2.39. The third-order valence-corrected chi connectivity index (χ3v) is 19.0. The largest absolute Gasteiger partial charge is 0.396 e. The van der Waals surface area contributed by atoms with Gasteiger partial charge in [0, 0.05) is 116 Å². The fourth-order valence-electron chi connectivity index (χ4n) is 13.5. The SMILES string of the molecule is CCCC(c1ccc(N(CCO)CCO)cc1)c1ccc(N(CCO)CCO)cc1.OCCC(CCO)c1ccc(C(c2ccc(Cl)cc2)c2ccc(N(CCO)CCO)cc2)cc1.OCCN(CCO)c1ccc(C(c2ccc(Cl)cc2)c2ccc(C3CCCC(O)C3)cc2)cc1. The lowest BCUT2D eigenvalue weighted by Gasteiger charge is -2.27. The smallest absolute Gasteiger partial charge is 0.0606 e. The molecule has 11 N–H and O–H groups in total. The van der Waals surface area contributed by atoms with Crippen LogP contribution in [-0.2, 0) is 0 Å². The molecule has 0 heterocycles. The van der Waals surface area contributed by atoms with Crippen molar-refractivity contribution < 1.29 is 56.2 Å². The fourth-order valence-corrected chi connectivity index (χ4v) is 13.7. The van der Waals surface area contributed by atoms with E-state index in [1.165, 1.54) is 33.4 Å². The Balaban J connectivity index is 0.000000208. The van der Waals surface area contributed by atoms with E-state index in [0.717, 1.165) is 83.5 Å². The van der Waals surface area contributed by atoms with Crippen molar-refractivity contribution in [2.24, 2.45) is 0 Å². The average Bonchev–Trinajstić information content (AvgIpc) is 0.832. The number of anilines is 4. The van der Waals surface area contributed by atoms with E-state index < -0.39 is 0 Å². The molecule has 1 aliphatic carbocycles. The average molecular weight is 1380 g/mol. The zero-order valence-electron chi connectivity index (χ0n) is 56.8. The summed E-state index contributed by atoms with van der Waals surface area (Å²) < 4.78 is 0. The Morgan fingerprint density at radius 2 is 0.592 bits per heavy atom. The maximum absolute atomic E-state index is 10.1. The number of aliphatic hydroxyl groups excluding tert-OH is 11. The van der Waals surface area contributed by atoms with Gasteiger partial charge in [0.05, 0.1) is 59.0 Å². The van der Waals surface area contributed by atoms with Crippen LogP contribution in [0.4, 0.5) is 22.7 Å². The lowest BCUT2D eigenvalue weighted by Crippen LogP contribution is -2.29. The van der Waals surface area contributed by atoms with Crippen molar-refractivity contribution in [2.75, 3.05) is 138 Å². The van der Waals surface area contributed by atoms with E-state index >= 15 is 0 Å². The van der Waals surface area contributed by atoms with Gasteiger partial charge in [0.2, 0.25) is 0 Å². The molecule has 4 atom stereocenters. The van der Waals surface area contributed by atoms with Crippen molar-refractivity contribution in [1.82, 2.24) is 0 Å². The van der Waals surface area contributed by atoms with Crippen LogP contribution in [0.3, 0.4) is 0 Å². The minimum Gasteiger partial charge on any atom is -0.396 e. The first-order chi connectivity index (χ1) is 47.9. The topological polar surface area (TPSA) is 235 Å². The van der Waals surface area contributed by atoms with Gasteiger partial charge in [-0.15, -0.1) is 0 Å². The van der Waals surface area contributed by atoms with Crippen LogP contribution in [-0.4, -0.2) is 181 Å².